The van der Waals surface area contributed by atoms with E-state index < -0.39 is 17.6 Å². The summed E-state index contributed by atoms with van der Waals surface area (Å²) in [6, 6.07) is 11.0. The molecule has 1 fully saturated rings. The van der Waals surface area contributed by atoms with Crippen molar-refractivity contribution >= 4 is 51.9 Å². The van der Waals surface area contributed by atoms with Gasteiger partial charge in [-0.25, -0.2) is 0 Å². The van der Waals surface area contributed by atoms with E-state index in [1.807, 2.05) is 0 Å². The second-order valence-corrected chi connectivity index (χ2v) is 8.84. The van der Waals surface area contributed by atoms with E-state index in [2.05, 4.69) is 5.32 Å². The summed E-state index contributed by atoms with van der Waals surface area (Å²) in [5.74, 6) is -0.360. The summed E-state index contributed by atoms with van der Waals surface area (Å²) in [4.78, 5) is 26.7. The van der Waals surface area contributed by atoms with Crippen molar-refractivity contribution in [3.63, 3.8) is 0 Å². The Morgan fingerprint density at radius 2 is 1.94 bits per heavy atom. The third-order valence-electron chi connectivity index (χ3n) is 4.63. The fraction of sp³-hybridized carbons (Fsp3) is 0.261. The Hall–Kier alpha value is -2.89. The van der Waals surface area contributed by atoms with Gasteiger partial charge in [0.05, 0.1) is 10.5 Å². The van der Waals surface area contributed by atoms with Crippen LogP contribution in [0.3, 0.4) is 0 Å². The van der Waals surface area contributed by atoms with Crippen LogP contribution in [0.4, 0.5) is 18.9 Å². The van der Waals surface area contributed by atoms with Crippen LogP contribution >= 0.6 is 24.0 Å². The number of amides is 2. The predicted octanol–water partition coefficient (Wildman–Crippen LogP) is 4.96. The molecular formula is C23H21F3N2O4S2. The summed E-state index contributed by atoms with van der Waals surface area (Å²) in [5, 5.41) is 2.38. The maximum absolute atomic E-state index is 12.8. The molecular weight excluding hydrogens is 489 g/mol. The molecule has 0 spiro atoms. The largest absolute Gasteiger partial charge is 0.484 e. The van der Waals surface area contributed by atoms with Gasteiger partial charge in [-0.3, -0.25) is 14.5 Å². The summed E-state index contributed by atoms with van der Waals surface area (Å²) in [6.07, 6.45) is -2.09. The van der Waals surface area contributed by atoms with Crippen molar-refractivity contribution < 1.29 is 32.2 Å². The van der Waals surface area contributed by atoms with Crippen LogP contribution in [-0.2, 0) is 20.5 Å². The number of nitrogens with one attached hydrogen (secondary N) is 1. The number of ether oxygens (including phenoxy) is 2. The molecule has 2 aromatic carbocycles. The highest BCUT2D eigenvalue weighted by Gasteiger charge is 2.32. The fourth-order valence-corrected chi connectivity index (χ4v) is 4.30. The van der Waals surface area contributed by atoms with Crippen LogP contribution in [0.25, 0.3) is 6.08 Å². The fourth-order valence-electron chi connectivity index (χ4n) is 2.99. The molecule has 180 valence electrons. The molecule has 3 rings (SSSR count). The normalized spacial score (nSPS) is 15.2. The van der Waals surface area contributed by atoms with Gasteiger partial charge >= 0.3 is 6.18 Å². The minimum Gasteiger partial charge on any atom is -0.484 e. The van der Waals surface area contributed by atoms with E-state index in [1.165, 1.54) is 23.9 Å². The lowest BCUT2D eigenvalue weighted by molar-refractivity contribution is -0.137. The van der Waals surface area contributed by atoms with Crippen LogP contribution < -0.4 is 10.1 Å². The summed E-state index contributed by atoms with van der Waals surface area (Å²) in [5.41, 5.74) is -0.0786. The summed E-state index contributed by atoms with van der Waals surface area (Å²) < 4.78 is 49.3. The number of methoxy groups -OCH3 is 1. The van der Waals surface area contributed by atoms with Gasteiger partial charge in [0.25, 0.3) is 11.8 Å². The van der Waals surface area contributed by atoms with Crippen LogP contribution in [0.5, 0.6) is 5.75 Å². The van der Waals surface area contributed by atoms with Gasteiger partial charge in [-0.05, 0) is 48.4 Å². The summed E-state index contributed by atoms with van der Waals surface area (Å²) in [6.45, 7) is 0.649. The number of rotatable bonds is 9. The summed E-state index contributed by atoms with van der Waals surface area (Å²) in [7, 11) is 1.60. The number of hydrogen-bond donors (Lipinski definition) is 1. The number of carbonyl (C=O) groups is 2. The third-order valence-corrected chi connectivity index (χ3v) is 6.00. The SMILES string of the molecule is COCCCN1C(=O)/C(=C/c2ccc(OCC(=O)Nc3cccc(C(F)(F)F)c3)cc2)SC1=S. The Bertz CT molecular complexity index is 1090. The number of nitrogens with zero attached hydrogens (tertiary/aromatic N) is 1. The highest BCUT2D eigenvalue weighted by molar-refractivity contribution is 8.26. The molecule has 1 saturated heterocycles. The molecule has 11 heteroatoms. The molecule has 1 aliphatic heterocycles. The van der Waals surface area contributed by atoms with Crippen LogP contribution in [0.1, 0.15) is 17.5 Å². The first kappa shape index (κ1) is 25.7. The van der Waals surface area contributed by atoms with E-state index in [0.29, 0.717) is 34.5 Å². The standard InChI is InChI=1S/C23H21F3N2O4S2/c1-31-11-3-10-28-21(30)19(34-22(28)33)12-15-6-8-18(9-7-15)32-14-20(29)27-17-5-2-4-16(13-17)23(24,25)26/h2,4-9,12-13H,3,10-11,14H2,1H3,(H,27,29)/b19-12-. The van der Waals surface area contributed by atoms with Crippen molar-refractivity contribution in [1.82, 2.24) is 4.90 Å². The number of anilines is 1. The first-order valence-electron chi connectivity index (χ1n) is 10.1. The van der Waals surface area contributed by atoms with Crippen LogP contribution in [0.2, 0.25) is 0 Å². The van der Waals surface area contributed by atoms with Gasteiger partial charge in [-0.1, -0.05) is 42.2 Å². The smallest absolute Gasteiger partial charge is 0.416 e. The number of thiocarbonyl (C=S) groups is 1. The monoisotopic (exact) mass is 510 g/mol. The van der Waals surface area contributed by atoms with Gasteiger partial charge in [0.1, 0.15) is 10.1 Å². The Labute approximate surface area is 204 Å². The van der Waals surface area contributed by atoms with Gasteiger partial charge in [0, 0.05) is 25.9 Å². The minimum atomic E-state index is -4.50. The zero-order valence-corrected chi connectivity index (χ0v) is 19.7. The average Bonchev–Trinajstić information content (AvgIpc) is 3.05. The summed E-state index contributed by atoms with van der Waals surface area (Å²) >= 11 is 6.51. The van der Waals surface area contributed by atoms with E-state index in [9.17, 15) is 22.8 Å². The molecule has 0 radical (unpaired) electrons. The number of benzene rings is 2. The van der Waals surface area contributed by atoms with Crippen LogP contribution in [-0.4, -0.2) is 47.9 Å². The van der Waals surface area contributed by atoms with Crippen molar-refractivity contribution in [2.24, 2.45) is 0 Å². The zero-order valence-electron chi connectivity index (χ0n) is 18.1. The number of thioether (sulfide) groups is 1. The highest BCUT2D eigenvalue weighted by Crippen LogP contribution is 2.33. The van der Waals surface area contributed by atoms with E-state index in [-0.39, 0.29) is 18.2 Å². The molecule has 34 heavy (non-hydrogen) atoms. The Kier molecular flexibility index (Phi) is 8.70. The molecule has 1 heterocycles. The van der Waals surface area contributed by atoms with E-state index in [1.54, 1.807) is 42.4 Å². The molecule has 0 aliphatic carbocycles. The topological polar surface area (TPSA) is 67.9 Å². The second-order valence-electron chi connectivity index (χ2n) is 7.16. The Balaban J connectivity index is 1.54. The second kappa shape index (κ2) is 11.5. The maximum Gasteiger partial charge on any atom is 0.416 e. The predicted molar refractivity (Wildman–Crippen MR) is 128 cm³/mol. The molecule has 0 bridgehead atoms. The number of hydrogen-bond acceptors (Lipinski definition) is 6. The van der Waals surface area contributed by atoms with Gasteiger partial charge in [0.2, 0.25) is 0 Å². The van der Waals surface area contributed by atoms with Gasteiger partial charge in [-0.2, -0.15) is 13.2 Å². The van der Waals surface area contributed by atoms with Gasteiger partial charge in [-0.15, -0.1) is 0 Å². The molecule has 2 aromatic rings. The maximum atomic E-state index is 12.8. The van der Waals surface area contributed by atoms with Crippen molar-refractivity contribution in [2.75, 3.05) is 32.2 Å². The van der Waals surface area contributed by atoms with Gasteiger partial charge in [0.15, 0.2) is 6.61 Å². The molecule has 2 amide bonds. The molecule has 0 saturated carbocycles. The van der Waals surface area contributed by atoms with Crippen molar-refractivity contribution in [1.29, 1.82) is 0 Å². The van der Waals surface area contributed by atoms with Crippen molar-refractivity contribution in [3.05, 3.63) is 64.6 Å². The first-order valence-corrected chi connectivity index (χ1v) is 11.3. The minimum absolute atomic E-state index is 0.0262. The average molecular weight is 511 g/mol. The molecule has 6 nitrogen and oxygen atoms in total. The number of carbonyl (C=O) groups excluding carboxylic acids is 2. The number of halogens is 3. The Morgan fingerprint density at radius 1 is 1.21 bits per heavy atom. The highest BCUT2D eigenvalue weighted by atomic mass is 32.2. The lowest BCUT2D eigenvalue weighted by Gasteiger charge is -2.13. The quantitative estimate of drug-likeness (QED) is 0.292. The molecule has 0 atom stereocenters. The van der Waals surface area contributed by atoms with Crippen molar-refractivity contribution in [2.45, 2.75) is 12.6 Å². The molecule has 1 aliphatic rings. The van der Waals surface area contributed by atoms with E-state index >= 15 is 0 Å². The molecule has 1 N–H and O–H groups in total. The third kappa shape index (κ3) is 7.05. The molecule has 0 aromatic heterocycles. The van der Waals surface area contributed by atoms with Crippen molar-refractivity contribution in [3.8, 4) is 5.75 Å². The van der Waals surface area contributed by atoms with E-state index in [0.717, 1.165) is 17.7 Å². The number of alkyl halides is 3. The van der Waals surface area contributed by atoms with Gasteiger partial charge < -0.3 is 14.8 Å². The Morgan fingerprint density at radius 3 is 2.62 bits per heavy atom. The van der Waals surface area contributed by atoms with Crippen LogP contribution in [0, 0.1) is 0 Å². The first-order chi connectivity index (χ1) is 16.2. The molecule has 0 unspecified atom stereocenters. The van der Waals surface area contributed by atoms with Crippen LogP contribution in [0.15, 0.2) is 53.4 Å². The lowest BCUT2D eigenvalue weighted by atomic mass is 10.2. The zero-order chi connectivity index (χ0) is 24.7. The van der Waals surface area contributed by atoms with E-state index in [4.69, 9.17) is 21.7 Å². The lowest BCUT2D eigenvalue weighted by Crippen LogP contribution is -2.29.